The minimum absolute atomic E-state index is 0.482. The summed E-state index contributed by atoms with van der Waals surface area (Å²) < 4.78 is 0. The summed E-state index contributed by atoms with van der Waals surface area (Å²) in [5.41, 5.74) is -0.482. The van der Waals surface area contributed by atoms with Crippen LogP contribution in [0, 0.1) is 17.2 Å². The summed E-state index contributed by atoms with van der Waals surface area (Å²) in [5.74, 6) is 0.587. The normalized spacial score (nSPS) is 19.2. The van der Waals surface area contributed by atoms with Crippen molar-refractivity contribution in [2.45, 2.75) is 51.6 Å². The molecular formula is C13H24N2O. The maximum atomic E-state index is 10.3. The molecule has 1 rings (SSSR count). The van der Waals surface area contributed by atoms with E-state index in [2.05, 4.69) is 24.8 Å². The third-order valence-electron chi connectivity index (χ3n) is 3.22. The molecule has 0 aromatic heterocycles. The minimum Gasteiger partial charge on any atom is -0.389 e. The summed E-state index contributed by atoms with van der Waals surface area (Å²) in [6.45, 7) is 6.87. The molecule has 0 aliphatic heterocycles. The summed E-state index contributed by atoms with van der Waals surface area (Å²) in [7, 11) is 0. The fourth-order valence-corrected chi connectivity index (χ4v) is 2.57. The summed E-state index contributed by atoms with van der Waals surface area (Å²) in [4.78, 5) is 2.25. The third-order valence-corrected chi connectivity index (χ3v) is 3.22. The fraction of sp³-hybridized carbons (Fsp3) is 0.923. The molecule has 92 valence electrons. The van der Waals surface area contributed by atoms with E-state index >= 15 is 0 Å². The smallest absolute Gasteiger partial charge is 0.0774 e. The second-order valence-corrected chi connectivity index (χ2v) is 5.47. The number of aliphatic hydroxyl groups is 1. The summed E-state index contributed by atoms with van der Waals surface area (Å²) in [6, 6.07) is 2.19. The first-order valence-corrected chi connectivity index (χ1v) is 6.37. The molecule has 1 aliphatic carbocycles. The van der Waals surface area contributed by atoms with E-state index in [9.17, 15) is 5.11 Å². The Balaban J connectivity index is 2.45. The van der Waals surface area contributed by atoms with E-state index in [0.717, 1.165) is 45.3 Å². The molecule has 1 saturated carbocycles. The molecule has 1 fully saturated rings. The van der Waals surface area contributed by atoms with Crippen LogP contribution in [0.1, 0.15) is 46.0 Å². The Labute approximate surface area is 99.1 Å². The monoisotopic (exact) mass is 224 g/mol. The molecule has 0 bridgehead atoms. The van der Waals surface area contributed by atoms with E-state index in [4.69, 9.17) is 5.26 Å². The maximum absolute atomic E-state index is 10.3. The quantitative estimate of drug-likeness (QED) is 0.752. The van der Waals surface area contributed by atoms with Crippen molar-refractivity contribution >= 4 is 0 Å². The molecule has 1 N–H and O–H groups in total. The first-order chi connectivity index (χ1) is 7.56. The zero-order valence-electron chi connectivity index (χ0n) is 10.6. The van der Waals surface area contributed by atoms with Gasteiger partial charge in [0.05, 0.1) is 11.7 Å². The number of nitrogens with zero attached hydrogens (tertiary/aromatic N) is 2. The predicted molar refractivity (Wildman–Crippen MR) is 64.9 cm³/mol. The lowest BCUT2D eigenvalue weighted by Crippen LogP contribution is -2.43. The Morgan fingerprint density at radius 1 is 1.38 bits per heavy atom. The van der Waals surface area contributed by atoms with E-state index < -0.39 is 5.60 Å². The van der Waals surface area contributed by atoms with Crippen LogP contribution in [-0.2, 0) is 0 Å². The largest absolute Gasteiger partial charge is 0.389 e. The molecule has 0 aromatic carbocycles. The zero-order valence-corrected chi connectivity index (χ0v) is 10.6. The minimum atomic E-state index is -0.482. The third kappa shape index (κ3) is 4.51. The SMILES string of the molecule is CC(C)CN(CCC#N)CC1(O)CCCC1. The molecule has 3 nitrogen and oxygen atoms in total. The van der Waals surface area contributed by atoms with Gasteiger partial charge in [-0.15, -0.1) is 0 Å². The second-order valence-electron chi connectivity index (χ2n) is 5.47. The van der Waals surface area contributed by atoms with Crippen LogP contribution in [-0.4, -0.2) is 35.2 Å². The van der Waals surface area contributed by atoms with Crippen molar-refractivity contribution in [2.24, 2.45) is 5.92 Å². The number of nitriles is 1. The van der Waals surface area contributed by atoms with Gasteiger partial charge >= 0.3 is 0 Å². The summed E-state index contributed by atoms with van der Waals surface area (Å²) in [5, 5.41) is 19.0. The van der Waals surface area contributed by atoms with Crippen LogP contribution in [0.5, 0.6) is 0 Å². The van der Waals surface area contributed by atoms with Crippen LogP contribution in [0.3, 0.4) is 0 Å². The fourth-order valence-electron chi connectivity index (χ4n) is 2.57. The second kappa shape index (κ2) is 6.22. The van der Waals surface area contributed by atoms with Crippen LogP contribution in [0.2, 0.25) is 0 Å². The molecule has 0 aromatic rings. The molecule has 3 heteroatoms. The molecule has 0 saturated heterocycles. The van der Waals surface area contributed by atoms with Gasteiger partial charge in [0.25, 0.3) is 0 Å². The average molecular weight is 224 g/mol. The van der Waals surface area contributed by atoms with Gasteiger partial charge in [-0.3, -0.25) is 4.90 Å². The maximum Gasteiger partial charge on any atom is 0.0774 e. The summed E-state index contributed by atoms with van der Waals surface area (Å²) >= 11 is 0. The van der Waals surface area contributed by atoms with Crippen molar-refractivity contribution < 1.29 is 5.11 Å². The lowest BCUT2D eigenvalue weighted by Gasteiger charge is -2.32. The van der Waals surface area contributed by atoms with E-state index in [0.29, 0.717) is 12.3 Å². The molecule has 0 spiro atoms. The molecule has 0 radical (unpaired) electrons. The van der Waals surface area contributed by atoms with E-state index in [-0.39, 0.29) is 0 Å². The lowest BCUT2D eigenvalue weighted by atomic mass is 10.0. The van der Waals surface area contributed by atoms with Gasteiger partial charge in [0.15, 0.2) is 0 Å². The van der Waals surface area contributed by atoms with Gasteiger partial charge < -0.3 is 5.11 Å². The highest BCUT2D eigenvalue weighted by Gasteiger charge is 2.32. The van der Waals surface area contributed by atoms with Gasteiger partial charge in [0.2, 0.25) is 0 Å². The van der Waals surface area contributed by atoms with Crippen LogP contribution in [0.15, 0.2) is 0 Å². The van der Waals surface area contributed by atoms with Gasteiger partial charge in [-0.1, -0.05) is 26.7 Å². The van der Waals surface area contributed by atoms with Crippen LogP contribution < -0.4 is 0 Å². The van der Waals surface area contributed by atoms with E-state index in [1.807, 2.05) is 0 Å². The van der Waals surface area contributed by atoms with Crippen LogP contribution in [0.25, 0.3) is 0 Å². The van der Waals surface area contributed by atoms with Gasteiger partial charge in [-0.2, -0.15) is 5.26 Å². The van der Waals surface area contributed by atoms with Crippen molar-refractivity contribution in [1.29, 1.82) is 5.26 Å². The molecule has 1 aliphatic rings. The van der Waals surface area contributed by atoms with E-state index in [1.54, 1.807) is 0 Å². The highest BCUT2D eigenvalue weighted by Crippen LogP contribution is 2.30. The van der Waals surface area contributed by atoms with Gasteiger partial charge in [0, 0.05) is 26.1 Å². The lowest BCUT2D eigenvalue weighted by molar-refractivity contribution is 0.00702. The zero-order chi connectivity index (χ0) is 12.0. The molecular weight excluding hydrogens is 200 g/mol. The van der Waals surface area contributed by atoms with Crippen molar-refractivity contribution in [1.82, 2.24) is 4.90 Å². The van der Waals surface area contributed by atoms with Crippen molar-refractivity contribution in [2.75, 3.05) is 19.6 Å². The highest BCUT2D eigenvalue weighted by molar-refractivity contribution is 4.88. The Morgan fingerprint density at radius 3 is 2.50 bits per heavy atom. The van der Waals surface area contributed by atoms with Crippen LogP contribution >= 0.6 is 0 Å². The Hall–Kier alpha value is -0.590. The first kappa shape index (κ1) is 13.5. The molecule has 0 atom stereocenters. The number of hydrogen-bond donors (Lipinski definition) is 1. The van der Waals surface area contributed by atoms with Crippen molar-refractivity contribution in [3.8, 4) is 6.07 Å². The average Bonchev–Trinajstić information content (AvgIpc) is 2.60. The molecule has 16 heavy (non-hydrogen) atoms. The van der Waals surface area contributed by atoms with Crippen molar-refractivity contribution in [3.05, 3.63) is 0 Å². The molecule has 0 unspecified atom stereocenters. The van der Waals surface area contributed by atoms with Gasteiger partial charge in [-0.25, -0.2) is 0 Å². The standard InChI is InChI=1S/C13H24N2O/c1-12(2)10-15(9-5-8-14)11-13(16)6-3-4-7-13/h12,16H,3-7,9-11H2,1-2H3. The van der Waals surface area contributed by atoms with Crippen molar-refractivity contribution in [3.63, 3.8) is 0 Å². The van der Waals surface area contributed by atoms with Gasteiger partial charge in [0.1, 0.15) is 0 Å². The number of rotatable bonds is 6. The topological polar surface area (TPSA) is 47.3 Å². The molecule has 0 amide bonds. The summed E-state index contributed by atoms with van der Waals surface area (Å²) in [6.07, 6.45) is 4.69. The Bertz CT molecular complexity index is 239. The first-order valence-electron chi connectivity index (χ1n) is 6.37. The van der Waals surface area contributed by atoms with E-state index in [1.165, 1.54) is 0 Å². The molecule has 0 heterocycles. The van der Waals surface area contributed by atoms with Gasteiger partial charge in [-0.05, 0) is 18.8 Å². The number of hydrogen-bond acceptors (Lipinski definition) is 3. The Morgan fingerprint density at radius 2 is 2.00 bits per heavy atom. The Kier molecular flexibility index (Phi) is 5.24. The van der Waals surface area contributed by atoms with Crippen LogP contribution in [0.4, 0.5) is 0 Å². The highest BCUT2D eigenvalue weighted by atomic mass is 16.3. The predicted octanol–water partition coefficient (Wildman–Crippen LogP) is 2.16.